The Morgan fingerprint density at radius 1 is 1.20 bits per heavy atom. The maximum absolute atomic E-state index is 12.9. The van der Waals surface area contributed by atoms with Gasteiger partial charge in [0.25, 0.3) is 5.91 Å². The minimum atomic E-state index is -2.00. The summed E-state index contributed by atoms with van der Waals surface area (Å²) >= 11 is 6.08. The number of carbonyl (C=O) groups excluding carboxylic acids is 3. The summed E-state index contributed by atoms with van der Waals surface area (Å²) in [4.78, 5) is 37.3. The number of allylic oxidation sites excluding steroid dienone is 4. The fourth-order valence-electron chi connectivity index (χ4n) is 4.14. The highest BCUT2D eigenvalue weighted by Gasteiger charge is 2.38. The summed E-state index contributed by atoms with van der Waals surface area (Å²) in [6, 6.07) is -0.755. The Morgan fingerprint density at radius 2 is 1.87 bits per heavy atom. The van der Waals surface area contributed by atoms with Crippen LogP contribution in [0.25, 0.3) is 0 Å². The topological polar surface area (TPSA) is 103 Å². The molecule has 0 unspecified atom stereocenters. The van der Waals surface area contributed by atoms with Crippen LogP contribution in [0.3, 0.4) is 0 Å². The Hall–Kier alpha value is -3.06. The summed E-state index contributed by atoms with van der Waals surface area (Å²) in [6.07, 6.45) is 14.0. The molecule has 2 N–H and O–H groups in total. The predicted octanol–water partition coefficient (Wildman–Crippen LogP) is 7.06. The van der Waals surface area contributed by atoms with Crippen molar-refractivity contribution in [3.63, 3.8) is 0 Å². The molecule has 0 aromatic rings. The summed E-state index contributed by atoms with van der Waals surface area (Å²) in [7, 11) is -0.557. The van der Waals surface area contributed by atoms with E-state index in [1.807, 2.05) is 52.8 Å². The molecule has 1 heterocycles. The molecule has 45 heavy (non-hydrogen) atoms. The third kappa shape index (κ3) is 14.7. The zero-order valence-corrected chi connectivity index (χ0v) is 30.6. The Balaban J connectivity index is 2.74. The van der Waals surface area contributed by atoms with Gasteiger partial charge in [-0.1, -0.05) is 88.9 Å². The van der Waals surface area contributed by atoms with Gasteiger partial charge in [-0.2, -0.15) is 0 Å². The summed E-state index contributed by atoms with van der Waals surface area (Å²) in [5.74, 6) is 3.96. The Kier molecular flexibility index (Phi) is 16.7. The fraction of sp³-hybridized carbons (Fsp3) is 0.571. The number of ether oxygens (including phenoxy) is 2. The molecule has 8 nitrogen and oxygen atoms in total. The minimum Gasteiger partial charge on any atom is -0.490 e. The summed E-state index contributed by atoms with van der Waals surface area (Å²) < 4.78 is 17.0. The molecule has 0 radical (unpaired) electrons. The average molecular weight is 661 g/mol. The van der Waals surface area contributed by atoms with Crippen molar-refractivity contribution in [3.8, 4) is 11.8 Å². The largest absolute Gasteiger partial charge is 0.490 e. The zero-order valence-electron chi connectivity index (χ0n) is 28.9. The lowest BCUT2D eigenvalue weighted by molar-refractivity contribution is -0.151. The molecule has 250 valence electrons. The molecule has 0 spiro atoms. The smallest absolute Gasteiger partial charge is 0.373 e. The Labute approximate surface area is 276 Å². The van der Waals surface area contributed by atoms with Crippen LogP contribution in [0.1, 0.15) is 74.7 Å². The standard InChI is InChI=1S/C35H53ClN2O6Si/c1-24(2)32(33(40)37-22-14-16-28(19-18-27(5)36)44-45(10,11)35(6,7)8)38-31(39)17-13-12-15-25(3)23-26(4)29-20-21-30(42-9)34(41)43-29/h12,14-15,18,21-24,26,28-29,32H,16,19-20H2,1-11H3,(H,37,40)(H,38,39)/b15-12-,22-14-,25-23+,27-18+/t26-,28+,29-,32-/m0/s1. The van der Waals surface area contributed by atoms with Crippen LogP contribution in [0.5, 0.6) is 0 Å². The zero-order chi connectivity index (χ0) is 34.4. The van der Waals surface area contributed by atoms with Crippen molar-refractivity contribution in [2.24, 2.45) is 11.8 Å². The van der Waals surface area contributed by atoms with Crippen LogP contribution in [0.2, 0.25) is 18.1 Å². The number of rotatable bonds is 14. The highest BCUT2D eigenvalue weighted by Crippen LogP contribution is 2.38. The van der Waals surface area contributed by atoms with Crippen molar-refractivity contribution < 1.29 is 28.3 Å². The molecule has 1 aliphatic heterocycles. The van der Waals surface area contributed by atoms with E-state index in [0.29, 0.717) is 19.3 Å². The Bertz CT molecular complexity index is 1240. The van der Waals surface area contributed by atoms with Crippen molar-refractivity contribution in [1.82, 2.24) is 10.6 Å². The maximum atomic E-state index is 12.9. The normalized spacial score (nSPS) is 18.6. The van der Waals surface area contributed by atoms with Gasteiger partial charge in [0.2, 0.25) is 5.91 Å². The van der Waals surface area contributed by atoms with E-state index in [4.69, 9.17) is 25.5 Å². The van der Waals surface area contributed by atoms with Crippen LogP contribution in [0.15, 0.2) is 59.0 Å². The van der Waals surface area contributed by atoms with Gasteiger partial charge < -0.3 is 24.5 Å². The van der Waals surface area contributed by atoms with E-state index in [9.17, 15) is 14.4 Å². The second kappa shape index (κ2) is 18.8. The highest BCUT2D eigenvalue weighted by molar-refractivity contribution is 6.74. The SMILES string of the molecule is COC1=CC[C@@H]([C@@H](C)/C=C(C)/C=C\C#CC(=O)N[C@H](C(=O)N/C=C\C[C@H](C/C=C(\C)Cl)O[Si](C)(C)C(C)(C)C)C(C)C)OC1=O. The average Bonchev–Trinajstić information content (AvgIpc) is 2.93. The number of hydrogen-bond acceptors (Lipinski definition) is 6. The monoisotopic (exact) mass is 660 g/mol. The number of nitrogens with one attached hydrogen (secondary N) is 2. The number of cyclic esters (lactones) is 1. The molecule has 0 aromatic carbocycles. The first-order valence-corrected chi connectivity index (χ1v) is 18.7. The van der Waals surface area contributed by atoms with Gasteiger partial charge in [-0.3, -0.25) is 9.59 Å². The van der Waals surface area contributed by atoms with Gasteiger partial charge in [-0.25, -0.2) is 4.79 Å². The molecule has 0 fully saturated rings. The second-order valence-electron chi connectivity index (χ2n) is 13.2. The van der Waals surface area contributed by atoms with Crippen molar-refractivity contribution in [1.29, 1.82) is 0 Å². The molecule has 10 heteroatoms. The van der Waals surface area contributed by atoms with E-state index in [-0.39, 0.29) is 40.7 Å². The molecular formula is C35H53ClN2O6Si. The van der Waals surface area contributed by atoms with E-state index in [2.05, 4.69) is 56.3 Å². The van der Waals surface area contributed by atoms with Gasteiger partial charge in [-0.05, 0) is 75.0 Å². The van der Waals surface area contributed by atoms with Crippen LogP contribution in [-0.2, 0) is 28.3 Å². The number of halogens is 1. The second-order valence-corrected chi connectivity index (χ2v) is 18.5. The van der Waals surface area contributed by atoms with E-state index >= 15 is 0 Å². The van der Waals surface area contributed by atoms with Gasteiger partial charge in [-0.15, -0.1) is 0 Å². The summed E-state index contributed by atoms with van der Waals surface area (Å²) in [6.45, 7) is 20.4. The van der Waals surface area contributed by atoms with Gasteiger partial charge in [0.15, 0.2) is 14.1 Å². The number of carbonyl (C=O) groups is 3. The van der Waals surface area contributed by atoms with Gasteiger partial charge in [0.05, 0.1) is 13.2 Å². The van der Waals surface area contributed by atoms with Crippen molar-refractivity contribution in [2.45, 2.75) is 111 Å². The lowest BCUT2D eigenvalue weighted by Gasteiger charge is -2.39. The number of amides is 2. The first kappa shape index (κ1) is 40.0. The molecule has 1 rings (SSSR count). The van der Waals surface area contributed by atoms with Crippen molar-refractivity contribution in [2.75, 3.05) is 7.11 Å². The quantitative estimate of drug-likeness (QED) is 0.0895. The molecular weight excluding hydrogens is 608 g/mol. The lowest BCUT2D eigenvalue weighted by Crippen LogP contribution is -2.48. The van der Waals surface area contributed by atoms with Crippen LogP contribution >= 0.6 is 11.6 Å². The first-order chi connectivity index (χ1) is 20.9. The van der Waals surface area contributed by atoms with Gasteiger partial charge in [0, 0.05) is 17.4 Å². The van der Waals surface area contributed by atoms with Gasteiger partial charge in [0.1, 0.15) is 12.1 Å². The van der Waals surface area contributed by atoms with Crippen molar-refractivity contribution >= 4 is 37.7 Å². The predicted molar refractivity (Wildman–Crippen MR) is 184 cm³/mol. The van der Waals surface area contributed by atoms with E-state index < -0.39 is 26.2 Å². The summed E-state index contributed by atoms with van der Waals surface area (Å²) in [5, 5.41) is 6.28. The maximum Gasteiger partial charge on any atom is 0.373 e. The number of hydrogen-bond donors (Lipinski definition) is 2. The molecule has 0 aliphatic carbocycles. The number of methoxy groups -OCH3 is 1. The molecule has 4 atom stereocenters. The van der Waals surface area contributed by atoms with E-state index in [1.165, 1.54) is 7.11 Å². The van der Waals surface area contributed by atoms with E-state index in [1.54, 1.807) is 24.4 Å². The van der Waals surface area contributed by atoms with Crippen molar-refractivity contribution in [3.05, 3.63) is 59.0 Å². The molecule has 2 amide bonds. The lowest BCUT2D eigenvalue weighted by atomic mass is 9.97. The fourth-order valence-corrected chi connectivity index (χ4v) is 5.61. The third-order valence-electron chi connectivity index (χ3n) is 7.85. The molecule has 0 saturated heterocycles. The molecule has 0 aromatic heterocycles. The number of esters is 1. The first-order valence-electron chi connectivity index (χ1n) is 15.5. The van der Waals surface area contributed by atoms with E-state index in [0.717, 1.165) is 10.6 Å². The van der Waals surface area contributed by atoms with Crippen LogP contribution < -0.4 is 10.6 Å². The molecule has 0 bridgehead atoms. The summed E-state index contributed by atoms with van der Waals surface area (Å²) in [5.41, 5.74) is 0.909. The Morgan fingerprint density at radius 3 is 2.42 bits per heavy atom. The minimum absolute atomic E-state index is 0.0221. The van der Waals surface area contributed by atoms with Crippen LogP contribution in [-0.4, -0.2) is 51.5 Å². The van der Waals surface area contributed by atoms with Crippen LogP contribution in [0.4, 0.5) is 0 Å². The third-order valence-corrected chi connectivity index (χ3v) is 12.5. The highest BCUT2D eigenvalue weighted by atomic mass is 35.5. The molecule has 1 aliphatic rings. The van der Waals surface area contributed by atoms with Crippen LogP contribution in [0, 0.1) is 23.7 Å². The van der Waals surface area contributed by atoms with Gasteiger partial charge >= 0.3 is 5.97 Å². The molecule has 0 saturated carbocycles.